The highest BCUT2D eigenvalue weighted by Gasteiger charge is 2.04. The molecule has 0 aliphatic rings. The molecule has 0 fully saturated rings. The van der Waals surface area contributed by atoms with E-state index in [-0.39, 0.29) is 24.0 Å². The molecule has 0 atom stereocenters. The van der Waals surface area contributed by atoms with Gasteiger partial charge in [0.1, 0.15) is 17.2 Å². The SMILES string of the molecule is CCc1cnc(CNC(=NC)NCCn2cnnc2CC)s1.I. The van der Waals surface area contributed by atoms with Crippen LogP contribution in [0.5, 0.6) is 0 Å². The van der Waals surface area contributed by atoms with Crippen molar-refractivity contribution < 1.29 is 0 Å². The van der Waals surface area contributed by atoms with E-state index in [0.29, 0.717) is 6.54 Å². The number of thiazole rings is 1. The van der Waals surface area contributed by atoms with E-state index in [1.165, 1.54) is 4.88 Å². The van der Waals surface area contributed by atoms with Gasteiger partial charge >= 0.3 is 0 Å². The highest BCUT2D eigenvalue weighted by Crippen LogP contribution is 2.12. The Morgan fingerprint density at radius 1 is 1.30 bits per heavy atom. The number of rotatable bonds is 7. The first-order chi connectivity index (χ1) is 10.8. The van der Waals surface area contributed by atoms with Gasteiger partial charge in [0.15, 0.2) is 5.96 Å². The van der Waals surface area contributed by atoms with Crippen LogP contribution in [0.3, 0.4) is 0 Å². The molecule has 0 saturated heterocycles. The second kappa shape index (κ2) is 10.5. The molecule has 23 heavy (non-hydrogen) atoms. The smallest absolute Gasteiger partial charge is 0.191 e. The van der Waals surface area contributed by atoms with Gasteiger partial charge in [-0.05, 0) is 6.42 Å². The van der Waals surface area contributed by atoms with Gasteiger partial charge in [0.2, 0.25) is 0 Å². The number of hydrogen-bond donors (Lipinski definition) is 2. The van der Waals surface area contributed by atoms with Gasteiger partial charge < -0.3 is 15.2 Å². The van der Waals surface area contributed by atoms with E-state index in [2.05, 4.69) is 49.2 Å². The van der Waals surface area contributed by atoms with Crippen molar-refractivity contribution in [1.82, 2.24) is 30.4 Å². The summed E-state index contributed by atoms with van der Waals surface area (Å²) in [5, 5.41) is 15.6. The fourth-order valence-electron chi connectivity index (χ4n) is 2.01. The first-order valence-electron chi connectivity index (χ1n) is 7.51. The molecule has 9 heteroatoms. The number of nitrogens with zero attached hydrogens (tertiary/aromatic N) is 5. The molecule has 2 aromatic rings. The quantitative estimate of drug-likeness (QED) is 0.383. The summed E-state index contributed by atoms with van der Waals surface area (Å²) in [6, 6.07) is 0. The molecule has 0 aliphatic heterocycles. The molecule has 0 unspecified atom stereocenters. The van der Waals surface area contributed by atoms with Crippen LogP contribution in [0.4, 0.5) is 0 Å². The van der Waals surface area contributed by atoms with Crippen molar-refractivity contribution >= 4 is 41.3 Å². The molecule has 128 valence electrons. The average molecular weight is 449 g/mol. The van der Waals surface area contributed by atoms with Gasteiger partial charge in [0.05, 0.1) is 6.54 Å². The Bertz CT molecular complexity index is 608. The number of hydrogen-bond acceptors (Lipinski definition) is 5. The van der Waals surface area contributed by atoms with Crippen LogP contribution in [-0.4, -0.2) is 39.3 Å². The Morgan fingerprint density at radius 2 is 2.13 bits per heavy atom. The van der Waals surface area contributed by atoms with Gasteiger partial charge in [0.25, 0.3) is 0 Å². The summed E-state index contributed by atoms with van der Waals surface area (Å²) in [5.41, 5.74) is 0. The third-order valence-electron chi connectivity index (χ3n) is 3.24. The summed E-state index contributed by atoms with van der Waals surface area (Å²) < 4.78 is 2.05. The van der Waals surface area contributed by atoms with Crippen molar-refractivity contribution in [1.29, 1.82) is 0 Å². The Labute approximate surface area is 158 Å². The zero-order chi connectivity index (χ0) is 15.8. The van der Waals surface area contributed by atoms with Crippen LogP contribution >= 0.6 is 35.3 Å². The van der Waals surface area contributed by atoms with Crippen molar-refractivity contribution in [2.45, 2.75) is 39.8 Å². The number of guanidine groups is 1. The van der Waals surface area contributed by atoms with Gasteiger partial charge in [-0.3, -0.25) is 4.99 Å². The molecule has 2 aromatic heterocycles. The fraction of sp³-hybridized carbons (Fsp3) is 0.571. The minimum atomic E-state index is 0. The number of nitrogens with one attached hydrogen (secondary N) is 2. The largest absolute Gasteiger partial charge is 0.355 e. The van der Waals surface area contributed by atoms with Crippen LogP contribution in [0, 0.1) is 0 Å². The maximum Gasteiger partial charge on any atom is 0.191 e. The van der Waals surface area contributed by atoms with Gasteiger partial charge in [0, 0.05) is 37.6 Å². The Hall–Kier alpha value is -1.23. The van der Waals surface area contributed by atoms with E-state index < -0.39 is 0 Å². The lowest BCUT2D eigenvalue weighted by Crippen LogP contribution is -2.38. The van der Waals surface area contributed by atoms with E-state index in [9.17, 15) is 0 Å². The van der Waals surface area contributed by atoms with Gasteiger partial charge in [-0.15, -0.1) is 45.5 Å². The lowest BCUT2D eigenvalue weighted by molar-refractivity contribution is 0.632. The number of aromatic nitrogens is 4. The minimum Gasteiger partial charge on any atom is -0.355 e. The predicted octanol–water partition coefficient (Wildman–Crippen LogP) is 1.84. The van der Waals surface area contributed by atoms with Gasteiger partial charge in [-0.1, -0.05) is 13.8 Å². The summed E-state index contributed by atoms with van der Waals surface area (Å²) in [4.78, 5) is 9.92. The second-order valence-corrected chi connectivity index (χ2v) is 5.92. The summed E-state index contributed by atoms with van der Waals surface area (Å²) >= 11 is 1.74. The summed E-state index contributed by atoms with van der Waals surface area (Å²) in [5.74, 6) is 1.78. The normalized spacial score (nSPS) is 11.2. The topological polar surface area (TPSA) is 80.0 Å². The monoisotopic (exact) mass is 449 g/mol. The van der Waals surface area contributed by atoms with E-state index >= 15 is 0 Å². The molecule has 0 aromatic carbocycles. The Kier molecular flexibility index (Phi) is 9.07. The third-order valence-corrected chi connectivity index (χ3v) is 4.38. The fourth-order valence-corrected chi connectivity index (χ4v) is 2.81. The molecule has 7 nitrogen and oxygen atoms in total. The van der Waals surface area contributed by atoms with Crippen molar-refractivity contribution in [2.24, 2.45) is 4.99 Å². The molecule has 0 aliphatic carbocycles. The van der Waals surface area contributed by atoms with Crippen molar-refractivity contribution in [3.8, 4) is 0 Å². The zero-order valence-electron chi connectivity index (χ0n) is 13.7. The first kappa shape index (κ1) is 19.8. The Morgan fingerprint density at radius 3 is 2.78 bits per heavy atom. The number of aliphatic imine (C=N–C) groups is 1. The van der Waals surface area contributed by atoms with E-state index in [4.69, 9.17) is 0 Å². The highest BCUT2D eigenvalue weighted by atomic mass is 127. The van der Waals surface area contributed by atoms with E-state index in [0.717, 1.165) is 42.7 Å². The van der Waals surface area contributed by atoms with Crippen LogP contribution in [0.2, 0.25) is 0 Å². The second-order valence-electron chi connectivity index (χ2n) is 4.72. The maximum absolute atomic E-state index is 4.39. The standard InChI is InChI=1S/C14H23N7S.HI/c1-4-11-8-17-13(22-11)9-18-14(15-3)16-6-7-21-10-19-20-12(21)5-2;/h8,10H,4-7,9H2,1-3H3,(H2,15,16,18);1H. The maximum atomic E-state index is 4.39. The van der Waals surface area contributed by atoms with Gasteiger partial charge in [-0.25, -0.2) is 4.98 Å². The predicted molar refractivity (Wildman–Crippen MR) is 105 cm³/mol. The van der Waals surface area contributed by atoms with Crippen molar-refractivity contribution in [2.75, 3.05) is 13.6 Å². The van der Waals surface area contributed by atoms with Crippen LogP contribution in [0.15, 0.2) is 17.5 Å². The number of aryl methyl sites for hydroxylation is 2. The molecule has 2 rings (SSSR count). The first-order valence-corrected chi connectivity index (χ1v) is 8.33. The molecule has 2 N–H and O–H groups in total. The highest BCUT2D eigenvalue weighted by molar-refractivity contribution is 14.0. The summed E-state index contributed by atoms with van der Waals surface area (Å²) in [6.07, 6.45) is 5.62. The third kappa shape index (κ3) is 6.05. The zero-order valence-corrected chi connectivity index (χ0v) is 16.9. The lowest BCUT2D eigenvalue weighted by Gasteiger charge is -2.11. The minimum absolute atomic E-state index is 0. The van der Waals surface area contributed by atoms with Crippen molar-refractivity contribution in [3.63, 3.8) is 0 Å². The van der Waals surface area contributed by atoms with Crippen LogP contribution in [0.1, 0.15) is 29.6 Å². The number of halogens is 1. The van der Waals surface area contributed by atoms with Crippen LogP contribution < -0.4 is 10.6 Å². The lowest BCUT2D eigenvalue weighted by atomic mass is 10.4. The molecule has 0 bridgehead atoms. The molecule has 0 amide bonds. The van der Waals surface area contributed by atoms with Crippen molar-refractivity contribution in [3.05, 3.63) is 28.2 Å². The Balaban J connectivity index is 0.00000264. The summed E-state index contributed by atoms with van der Waals surface area (Å²) in [7, 11) is 1.77. The molecule has 0 saturated carbocycles. The molecule has 0 radical (unpaired) electrons. The molecular weight excluding hydrogens is 425 g/mol. The molecular formula is C14H24IN7S. The van der Waals surface area contributed by atoms with E-state index in [1.807, 2.05) is 6.20 Å². The van der Waals surface area contributed by atoms with Crippen LogP contribution in [-0.2, 0) is 25.9 Å². The average Bonchev–Trinajstić information content (AvgIpc) is 3.19. The van der Waals surface area contributed by atoms with Gasteiger partial charge in [-0.2, -0.15) is 0 Å². The molecule has 2 heterocycles. The summed E-state index contributed by atoms with van der Waals surface area (Å²) in [6.45, 7) is 6.49. The van der Waals surface area contributed by atoms with E-state index in [1.54, 1.807) is 24.7 Å². The van der Waals surface area contributed by atoms with Crippen LogP contribution in [0.25, 0.3) is 0 Å². The molecule has 0 spiro atoms.